The molecule has 1 unspecified atom stereocenters. The maximum Gasteiger partial charge on any atom is 0.253 e. The summed E-state index contributed by atoms with van der Waals surface area (Å²) in [5.74, 6) is 0.339. The number of hydrogen-bond acceptors (Lipinski definition) is 2. The number of hydrogen-bond donors (Lipinski definition) is 1. The van der Waals surface area contributed by atoms with Crippen molar-refractivity contribution in [2.45, 2.75) is 39.2 Å². The molecule has 0 aliphatic rings. The van der Waals surface area contributed by atoms with Gasteiger partial charge in [0.2, 0.25) is 0 Å². The lowest BCUT2D eigenvalue weighted by Gasteiger charge is -2.33. The van der Waals surface area contributed by atoms with Gasteiger partial charge in [-0.1, -0.05) is 61.8 Å². The first-order chi connectivity index (χ1) is 12.9. The Kier molecular flexibility index (Phi) is 5.81. The van der Waals surface area contributed by atoms with E-state index in [0.29, 0.717) is 16.5 Å². The average Bonchev–Trinajstić information content (AvgIpc) is 2.61. The van der Waals surface area contributed by atoms with Crippen LogP contribution in [-0.2, 0) is 6.42 Å². The van der Waals surface area contributed by atoms with Crippen LogP contribution in [0.2, 0.25) is 5.02 Å². The highest BCUT2D eigenvalue weighted by atomic mass is 35.5. The molecule has 0 fully saturated rings. The predicted octanol–water partition coefficient (Wildman–Crippen LogP) is 5.67. The summed E-state index contributed by atoms with van der Waals surface area (Å²) in [6, 6.07) is 17.6. The van der Waals surface area contributed by atoms with Gasteiger partial charge < -0.3 is 5.32 Å². The van der Waals surface area contributed by atoms with Crippen LogP contribution in [0.15, 0.2) is 60.8 Å². The van der Waals surface area contributed by atoms with E-state index in [1.165, 1.54) is 5.56 Å². The van der Waals surface area contributed by atoms with Gasteiger partial charge in [0.1, 0.15) is 0 Å². The van der Waals surface area contributed by atoms with Crippen molar-refractivity contribution in [2.24, 2.45) is 5.92 Å². The highest BCUT2D eigenvalue weighted by Crippen LogP contribution is 2.25. The Labute approximate surface area is 165 Å². The van der Waals surface area contributed by atoms with Crippen molar-refractivity contribution in [2.75, 3.05) is 0 Å². The molecule has 3 aromatic rings. The molecule has 0 spiro atoms. The van der Waals surface area contributed by atoms with Gasteiger partial charge in [0.05, 0.1) is 11.1 Å². The summed E-state index contributed by atoms with van der Waals surface area (Å²) in [5.41, 5.74) is 2.18. The summed E-state index contributed by atoms with van der Waals surface area (Å²) in [5, 5.41) is 4.64. The Morgan fingerprint density at radius 3 is 2.59 bits per heavy atom. The second-order valence-electron chi connectivity index (χ2n) is 7.81. The van der Waals surface area contributed by atoms with E-state index in [4.69, 9.17) is 11.6 Å². The van der Waals surface area contributed by atoms with Crippen molar-refractivity contribution in [3.63, 3.8) is 0 Å². The number of aromatic nitrogens is 1. The molecule has 1 heterocycles. The Hall–Kier alpha value is -2.39. The number of nitrogens with one attached hydrogen (secondary N) is 1. The average molecular weight is 381 g/mol. The zero-order chi connectivity index (χ0) is 19.4. The minimum Gasteiger partial charge on any atom is -0.346 e. The van der Waals surface area contributed by atoms with Crippen LogP contribution in [0.1, 0.15) is 43.1 Å². The maximum absolute atomic E-state index is 13.0. The molecule has 0 saturated carbocycles. The Morgan fingerprint density at radius 2 is 1.89 bits per heavy atom. The van der Waals surface area contributed by atoms with E-state index in [0.717, 1.165) is 23.7 Å². The summed E-state index contributed by atoms with van der Waals surface area (Å²) in [6.07, 6.45) is 3.28. The smallest absolute Gasteiger partial charge is 0.253 e. The van der Waals surface area contributed by atoms with Crippen LogP contribution in [0.25, 0.3) is 10.9 Å². The molecule has 1 N–H and O–H groups in total. The summed E-state index contributed by atoms with van der Waals surface area (Å²) >= 11 is 6.27. The quantitative estimate of drug-likeness (QED) is 0.599. The zero-order valence-electron chi connectivity index (χ0n) is 16.0. The summed E-state index contributed by atoms with van der Waals surface area (Å²) in [4.78, 5) is 17.4. The second kappa shape index (κ2) is 8.10. The number of benzene rings is 2. The zero-order valence-corrected chi connectivity index (χ0v) is 16.8. The topological polar surface area (TPSA) is 42.0 Å². The van der Waals surface area contributed by atoms with Crippen LogP contribution in [0.3, 0.4) is 0 Å². The largest absolute Gasteiger partial charge is 0.346 e. The fourth-order valence-electron chi connectivity index (χ4n) is 3.70. The van der Waals surface area contributed by atoms with E-state index < -0.39 is 0 Å². The first-order valence-corrected chi connectivity index (χ1v) is 9.65. The fraction of sp³-hybridized carbons (Fsp3) is 0.304. The van der Waals surface area contributed by atoms with Crippen LogP contribution in [-0.4, -0.2) is 16.4 Å². The Balaban J connectivity index is 1.86. The number of fused-ring (bicyclic) bond motifs is 1. The third-order valence-electron chi connectivity index (χ3n) is 4.65. The van der Waals surface area contributed by atoms with E-state index in [1.54, 1.807) is 6.20 Å². The number of nitrogens with zero attached hydrogens (tertiary/aromatic N) is 1. The number of carbonyl (C=O) groups is 1. The fourth-order valence-corrected chi connectivity index (χ4v) is 3.92. The van der Waals surface area contributed by atoms with Gasteiger partial charge in [0.25, 0.3) is 5.91 Å². The van der Waals surface area contributed by atoms with Crippen molar-refractivity contribution >= 4 is 28.4 Å². The number of pyridine rings is 1. The molecule has 4 heteroatoms. The van der Waals surface area contributed by atoms with Gasteiger partial charge in [-0.3, -0.25) is 9.78 Å². The lowest BCUT2D eigenvalue weighted by atomic mass is 9.84. The molecule has 3 nitrogen and oxygen atoms in total. The van der Waals surface area contributed by atoms with Gasteiger partial charge in [0.15, 0.2) is 0 Å². The lowest BCUT2D eigenvalue weighted by Crippen LogP contribution is -2.48. The van der Waals surface area contributed by atoms with Gasteiger partial charge in [0, 0.05) is 22.1 Å². The van der Waals surface area contributed by atoms with Crippen molar-refractivity contribution < 1.29 is 4.79 Å². The van der Waals surface area contributed by atoms with E-state index in [2.05, 4.69) is 43.2 Å². The minimum absolute atomic E-state index is 0.122. The van der Waals surface area contributed by atoms with E-state index in [1.807, 2.05) is 42.5 Å². The summed E-state index contributed by atoms with van der Waals surface area (Å²) in [7, 11) is 0. The first kappa shape index (κ1) is 19.4. The lowest BCUT2D eigenvalue weighted by molar-refractivity contribution is 0.0894. The molecular weight excluding hydrogens is 356 g/mol. The van der Waals surface area contributed by atoms with Crippen LogP contribution in [0.5, 0.6) is 0 Å². The first-order valence-electron chi connectivity index (χ1n) is 9.27. The van der Waals surface area contributed by atoms with Crippen molar-refractivity contribution in [1.29, 1.82) is 0 Å². The van der Waals surface area contributed by atoms with E-state index in [9.17, 15) is 4.79 Å². The number of halogens is 1. The number of rotatable bonds is 6. The van der Waals surface area contributed by atoms with Gasteiger partial charge in [-0.05, 0) is 49.4 Å². The maximum atomic E-state index is 13.0. The molecule has 3 rings (SSSR count). The van der Waals surface area contributed by atoms with Crippen molar-refractivity contribution in [1.82, 2.24) is 10.3 Å². The second-order valence-corrected chi connectivity index (χ2v) is 8.21. The molecule has 0 bridgehead atoms. The van der Waals surface area contributed by atoms with E-state index in [-0.39, 0.29) is 11.4 Å². The predicted molar refractivity (Wildman–Crippen MR) is 112 cm³/mol. The summed E-state index contributed by atoms with van der Waals surface area (Å²) < 4.78 is 0. The van der Waals surface area contributed by atoms with Crippen LogP contribution >= 0.6 is 11.6 Å². The molecular formula is C23H25ClN2O. The summed E-state index contributed by atoms with van der Waals surface area (Å²) in [6.45, 7) is 6.46. The number of amides is 1. The van der Waals surface area contributed by atoms with Crippen molar-refractivity contribution in [3.05, 3.63) is 76.9 Å². The molecule has 0 aliphatic carbocycles. The van der Waals surface area contributed by atoms with Gasteiger partial charge in [-0.15, -0.1) is 0 Å². The van der Waals surface area contributed by atoms with Gasteiger partial charge in [-0.25, -0.2) is 0 Å². The third-order valence-corrected chi connectivity index (χ3v) is 4.98. The highest BCUT2D eigenvalue weighted by Gasteiger charge is 2.28. The van der Waals surface area contributed by atoms with Crippen LogP contribution < -0.4 is 5.32 Å². The molecule has 27 heavy (non-hydrogen) atoms. The van der Waals surface area contributed by atoms with Crippen LogP contribution in [0.4, 0.5) is 0 Å². The molecule has 0 radical (unpaired) electrons. The molecule has 140 valence electrons. The normalized spacial score (nSPS) is 13.5. The van der Waals surface area contributed by atoms with E-state index >= 15 is 0 Å². The molecule has 1 aromatic heterocycles. The highest BCUT2D eigenvalue weighted by molar-refractivity contribution is 6.35. The number of carbonyl (C=O) groups excluding carboxylic acids is 1. The Bertz CT molecular complexity index is 940. The Morgan fingerprint density at radius 1 is 1.15 bits per heavy atom. The van der Waals surface area contributed by atoms with Gasteiger partial charge in [-0.2, -0.15) is 0 Å². The molecule has 2 aromatic carbocycles. The monoisotopic (exact) mass is 380 g/mol. The standard InChI is InChI=1S/C23H25ClN2O/c1-16(2)13-23(3,14-17-8-5-4-6-9-17)26-22(27)18-12-19-20(24)10-7-11-21(19)25-15-18/h4-12,15-16H,13-14H2,1-3H3,(H,26,27). The van der Waals surface area contributed by atoms with Crippen LogP contribution in [0, 0.1) is 5.92 Å². The minimum atomic E-state index is -0.345. The molecule has 1 atom stereocenters. The van der Waals surface area contributed by atoms with Gasteiger partial charge >= 0.3 is 0 Å². The SMILES string of the molecule is CC(C)CC(C)(Cc1ccccc1)NC(=O)c1cnc2cccc(Cl)c2c1. The molecule has 1 amide bonds. The molecule has 0 saturated heterocycles. The van der Waals surface area contributed by atoms with Crippen molar-refractivity contribution in [3.8, 4) is 0 Å². The third kappa shape index (κ3) is 4.86. The molecule has 0 aliphatic heterocycles.